The standard InChI is InChI=1S/C14H26N4O3S2.HI/c1-15-14(17-9-12-3-2-7-22-12)16-6-4-13(19)18-11-5-8-23(20,21)10-11;/h11-12H,2-10H2,1H3,(H,18,19)(H2,15,16,17);1H. The van der Waals surface area contributed by atoms with E-state index in [1.807, 2.05) is 11.8 Å². The van der Waals surface area contributed by atoms with Crippen molar-refractivity contribution in [1.82, 2.24) is 16.0 Å². The van der Waals surface area contributed by atoms with Crippen molar-refractivity contribution in [3.8, 4) is 0 Å². The molecule has 1 amide bonds. The maximum absolute atomic E-state index is 11.8. The van der Waals surface area contributed by atoms with E-state index in [4.69, 9.17) is 0 Å². The predicted molar refractivity (Wildman–Crippen MR) is 110 cm³/mol. The highest BCUT2D eigenvalue weighted by Gasteiger charge is 2.28. The lowest BCUT2D eigenvalue weighted by molar-refractivity contribution is -0.121. The number of halogens is 1. The SMILES string of the molecule is CN=C(NCCC(=O)NC1CCS(=O)(=O)C1)NCC1CCCS1.I. The third-order valence-corrected chi connectivity index (χ3v) is 7.15. The first-order valence-electron chi connectivity index (χ1n) is 8.04. The quantitative estimate of drug-likeness (QED) is 0.283. The van der Waals surface area contributed by atoms with Crippen LogP contribution >= 0.6 is 35.7 Å². The summed E-state index contributed by atoms with van der Waals surface area (Å²) in [4.78, 5) is 16.0. The van der Waals surface area contributed by atoms with Gasteiger partial charge in [0.2, 0.25) is 5.91 Å². The minimum Gasteiger partial charge on any atom is -0.356 e. The van der Waals surface area contributed by atoms with Gasteiger partial charge in [0.1, 0.15) is 0 Å². The summed E-state index contributed by atoms with van der Waals surface area (Å²) in [5, 5.41) is 9.81. The fourth-order valence-corrected chi connectivity index (χ4v) is 5.61. The lowest BCUT2D eigenvalue weighted by Gasteiger charge is -2.15. The lowest BCUT2D eigenvalue weighted by atomic mass is 10.2. The third kappa shape index (κ3) is 7.77. The Morgan fingerprint density at radius 3 is 2.67 bits per heavy atom. The normalized spacial score (nSPS) is 25.8. The minimum absolute atomic E-state index is 0. The van der Waals surface area contributed by atoms with Crippen LogP contribution in [0.25, 0.3) is 0 Å². The smallest absolute Gasteiger partial charge is 0.222 e. The molecule has 0 saturated carbocycles. The van der Waals surface area contributed by atoms with Crippen molar-refractivity contribution in [2.45, 2.75) is 37.0 Å². The molecule has 2 unspecified atom stereocenters. The Labute approximate surface area is 165 Å². The molecule has 2 saturated heterocycles. The van der Waals surface area contributed by atoms with Crippen molar-refractivity contribution < 1.29 is 13.2 Å². The van der Waals surface area contributed by atoms with Gasteiger partial charge in [0.05, 0.1) is 11.5 Å². The molecule has 2 aliphatic heterocycles. The molecular weight excluding hydrogens is 463 g/mol. The van der Waals surface area contributed by atoms with Gasteiger partial charge in [-0.25, -0.2) is 8.42 Å². The zero-order valence-corrected chi connectivity index (χ0v) is 17.9. The van der Waals surface area contributed by atoms with E-state index in [1.54, 1.807) is 7.05 Å². The third-order valence-electron chi connectivity index (χ3n) is 3.99. The van der Waals surface area contributed by atoms with Crippen LogP contribution in [0.5, 0.6) is 0 Å². The zero-order valence-electron chi connectivity index (χ0n) is 13.9. The maximum atomic E-state index is 11.8. The molecule has 0 spiro atoms. The van der Waals surface area contributed by atoms with Gasteiger partial charge in [-0.05, 0) is 25.0 Å². The number of amides is 1. The van der Waals surface area contributed by atoms with Crippen LogP contribution < -0.4 is 16.0 Å². The van der Waals surface area contributed by atoms with Crippen LogP contribution in [0.3, 0.4) is 0 Å². The van der Waals surface area contributed by atoms with E-state index in [-0.39, 0.29) is 47.4 Å². The van der Waals surface area contributed by atoms with E-state index in [1.165, 1.54) is 18.6 Å². The van der Waals surface area contributed by atoms with Crippen molar-refractivity contribution in [2.75, 3.05) is 37.4 Å². The highest BCUT2D eigenvalue weighted by Crippen LogP contribution is 2.25. The van der Waals surface area contributed by atoms with Gasteiger partial charge in [-0.2, -0.15) is 11.8 Å². The number of guanidine groups is 1. The molecule has 2 aliphatic rings. The highest BCUT2D eigenvalue weighted by atomic mass is 127. The van der Waals surface area contributed by atoms with Crippen LogP contribution in [-0.2, 0) is 14.6 Å². The molecule has 2 atom stereocenters. The average molecular weight is 490 g/mol. The maximum Gasteiger partial charge on any atom is 0.222 e. The first-order chi connectivity index (χ1) is 11.0. The molecule has 0 radical (unpaired) electrons. The summed E-state index contributed by atoms with van der Waals surface area (Å²) in [6.45, 7) is 1.36. The summed E-state index contributed by atoms with van der Waals surface area (Å²) in [5.41, 5.74) is 0. The second-order valence-electron chi connectivity index (χ2n) is 5.93. The molecule has 0 aromatic carbocycles. The Kier molecular flexibility index (Phi) is 9.72. The van der Waals surface area contributed by atoms with Gasteiger partial charge in [-0.1, -0.05) is 0 Å². The summed E-state index contributed by atoms with van der Waals surface area (Å²) in [6, 6.07) is -0.232. The number of nitrogens with one attached hydrogen (secondary N) is 3. The largest absolute Gasteiger partial charge is 0.356 e. The fourth-order valence-electron chi connectivity index (χ4n) is 2.74. The average Bonchev–Trinajstić information content (AvgIpc) is 3.12. The predicted octanol–water partition coefficient (Wildman–Crippen LogP) is 0.358. The molecule has 2 heterocycles. The van der Waals surface area contributed by atoms with Crippen molar-refractivity contribution >= 4 is 57.4 Å². The molecule has 10 heteroatoms. The summed E-state index contributed by atoms with van der Waals surface area (Å²) in [6.07, 6.45) is 3.33. The van der Waals surface area contributed by atoms with Crippen LogP contribution in [0.15, 0.2) is 4.99 Å². The molecule has 0 aliphatic carbocycles. The molecule has 7 nitrogen and oxygen atoms in total. The van der Waals surface area contributed by atoms with Gasteiger partial charge in [0.15, 0.2) is 15.8 Å². The van der Waals surface area contributed by atoms with Gasteiger partial charge in [-0.15, -0.1) is 24.0 Å². The Bertz CT molecular complexity index is 536. The summed E-state index contributed by atoms with van der Waals surface area (Å²) in [7, 11) is -1.25. The van der Waals surface area contributed by atoms with Gasteiger partial charge in [0.25, 0.3) is 0 Å². The number of rotatable bonds is 6. The van der Waals surface area contributed by atoms with Crippen molar-refractivity contribution in [3.05, 3.63) is 0 Å². The van der Waals surface area contributed by atoms with Crippen LogP contribution in [0, 0.1) is 0 Å². The minimum atomic E-state index is -2.96. The molecule has 0 aromatic heterocycles. The summed E-state index contributed by atoms with van der Waals surface area (Å²) >= 11 is 1.98. The second kappa shape index (κ2) is 10.7. The van der Waals surface area contributed by atoms with Crippen molar-refractivity contribution in [1.29, 1.82) is 0 Å². The number of nitrogens with zero attached hydrogens (tertiary/aromatic N) is 1. The molecule has 2 rings (SSSR count). The van der Waals surface area contributed by atoms with Gasteiger partial charge < -0.3 is 16.0 Å². The van der Waals surface area contributed by atoms with E-state index in [0.717, 1.165) is 6.54 Å². The van der Waals surface area contributed by atoms with Gasteiger partial charge in [-0.3, -0.25) is 9.79 Å². The Balaban J connectivity index is 0.00000288. The lowest BCUT2D eigenvalue weighted by Crippen LogP contribution is -2.42. The first kappa shape index (κ1) is 21.8. The van der Waals surface area contributed by atoms with Crippen LogP contribution in [0.4, 0.5) is 0 Å². The number of thioether (sulfide) groups is 1. The molecule has 0 aromatic rings. The molecule has 24 heavy (non-hydrogen) atoms. The second-order valence-corrected chi connectivity index (χ2v) is 9.57. The monoisotopic (exact) mass is 490 g/mol. The fraction of sp³-hybridized carbons (Fsp3) is 0.857. The van der Waals surface area contributed by atoms with E-state index in [2.05, 4.69) is 20.9 Å². The van der Waals surface area contributed by atoms with Gasteiger partial charge >= 0.3 is 0 Å². The Morgan fingerprint density at radius 2 is 2.08 bits per heavy atom. The number of aliphatic imine (C=N–C) groups is 1. The van der Waals surface area contributed by atoms with Crippen LogP contribution in [-0.4, -0.2) is 69.0 Å². The number of carbonyl (C=O) groups excluding carboxylic acids is 1. The molecule has 0 bridgehead atoms. The van der Waals surface area contributed by atoms with Gasteiger partial charge in [0, 0.05) is 37.8 Å². The molecule has 3 N–H and O–H groups in total. The van der Waals surface area contributed by atoms with Crippen LogP contribution in [0.1, 0.15) is 25.7 Å². The molecule has 2 fully saturated rings. The number of hydrogen-bond acceptors (Lipinski definition) is 5. The number of hydrogen-bond donors (Lipinski definition) is 3. The first-order valence-corrected chi connectivity index (χ1v) is 10.9. The summed E-state index contributed by atoms with van der Waals surface area (Å²) in [5.74, 6) is 2.05. The Hall–Kier alpha value is -0.230. The van der Waals surface area contributed by atoms with E-state index < -0.39 is 9.84 Å². The van der Waals surface area contributed by atoms with Crippen molar-refractivity contribution in [3.63, 3.8) is 0 Å². The summed E-state index contributed by atoms with van der Waals surface area (Å²) < 4.78 is 22.7. The Morgan fingerprint density at radius 1 is 1.29 bits per heavy atom. The topological polar surface area (TPSA) is 99.7 Å². The van der Waals surface area contributed by atoms with Crippen molar-refractivity contribution in [2.24, 2.45) is 4.99 Å². The molecular formula is C14H27IN4O3S2. The van der Waals surface area contributed by atoms with E-state index >= 15 is 0 Å². The van der Waals surface area contributed by atoms with Crippen LogP contribution in [0.2, 0.25) is 0 Å². The number of carbonyl (C=O) groups is 1. The number of sulfone groups is 1. The zero-order chi connectivity index (χ0) is 16.7. The van der Waals surface area contributed by atoms with E-state index in [9.17, 15) is 13.2 Å². The highest BCUT2D eigenvalue weighted by molar-refractivity contribution is 14.0. The van der Waals surface area contributed by atoms with E-state index in [0.29, 0.717) is 30.6 Å². The molecule has 140 valence electrons.